The number of fused-ring (bicyclic) bond motifs is 11. The smallest absolute Gasteiger partial charge is 0.0412 e. The molecule has 0 nitrogen and oxygen atoms in total. The predicted molar refractivity (Wildman–Crippen MR) is 210 cm³/mol. The fraction of sp³-hybridized carbons (Fsp3) is 0.125. The summed E-state index contributed by atoms with van der Waals surface area (Å²) in [5.74, 6) is 0. The summed E-state index contributed by atoms with van der Waals surface area (Å²) in [4.78, 5) is 0. The first-order valence-corrected chi connectivity index (χ1v) is 17.7. The monoisotopic (exact) mass is 646 g/mol. The summed E-state index contributed by atoms with van der Waals surface area (Å²) >= 11 is 6.77. The Bertz CT molecular complexity index is 2720. The molecule has 1 heteroatoms. The highest BCUT2D eigenvalue weighted by atomic mass is 35.5. The third-order valence-corrected chi connectivity index (χ3v) is 12.0. The molecule has 8 aromatic carbocycles. The second-order valence-electron chi connectivity index (χ2n) is 15.0. The Balaban J connectivity index is 1.23. The molecule has 234 valence electrons. The molecule has 0 radical (unpaired) electrons. The fourth-order valence-electron chi connectivity index (χ4n) is 9.19. The van der Waals surface area contributed by atoms with Gasteiger partial charge >= 0.3 is 0 Å². The lowest BCUT2D eigenvalue weighted by molar-refractivity contribution is 0.660. The van der Waals surface area contributed by atoms with Gasteiger partial charge in [0.25, 0.3) is 0 Å². The molecule has 2 aliphatic rings. The first-order valence-electron chi connectivity index (χ1n) is 17.3. The molecule has 0 aliphatic heterocycles. The second-order valence-corrected chi connectivity index (χ2v) is 15.5. The molecule has 0 amide bonds. The van der Waals surface area contributed by atoms with Gasteiger partial charge in [-0.25, -0.2) is 0 Å². The van der Waals surface area contributed by atoms with E-state index in [4.69, 9.17) is 11.6 Å². The van der Waals surface area contributed by atoms with E-state index in [1.54, 1.807) is 0 Å². The molecule has 0 unspecified atom stereocenters. The van der Waals surface area contributed by atoms with Crippen molar-refractivity contribution in [3.8, 4) is 44.5 Å². The summed E-state index contributed by atoms with van der Waals surface area (Å²) < 4.78 is 0. The van der Waals surface area contributed by atoms with Crippen LogP contribution in [0.25, 0.3) is 76.8 Å². The predicted octanol–water partition coefficient (Wildman–Crippen LogP) is 13.7. The summed E-state index contributed by atoms with van der Waals surface area (Å²) in [6, 6.07) is 52.1. The molecule has 0 saturated carbocycles. The van der Waals surface area contributed by atoms with Crippen LogP contribution < -0.4 is 0 Å². The van der Waals surface area contributed by atoms with Gasteiger partial charge in [-0.1, -0.05) is 142 Å². The normalized spacial score (nSPS) is 15.0. The number of hydrogen-bond acceptors (Lipinski definition) is 0. The van der Waals surface area contributed by atoms with Crippen LogP contribution in [0.5, 0.6) is 0 Å². The molecule has 0 aromatic heterocycles. The highest BCUT2D eigenvalue weighted by Crippen LogP contribution is 2.52. The van der Waals surface area contributed by atoms with Gasteiger partial charge in [0.1, 0.15) is 0 Å². The Labute approximate surface area is 292 Å². The van der Waals surface area contributed by atoms with Crippen molar-refractivity contribution in [2.24, 2.45) is 0 Å². The molecule has 0 heterocycles. The van der Waals surface area contributed by atoms with Gasteiger partial charge in [0, 0.05) is 15.9 Å². The zero-order valence-corrected chi connectivity index (χ0v) is 28.9. The highest BCUT2D eigenvalue weighted by molar-refractivity contribution is 6.32. The molecule has 0 spiro atoms. The molecule has 0 fully saturated rings. The Morgan fingerprint density at radius 2 is 0.776 bits per heavy atom. The number of hydrogen-bond donors (Lipinski definition) is 0. The molecule has 2 aliphatic carbocycles. The molecular weight excluding hydrogens is 612 g/mol. The lowest BCUT2D eigenvalue weighted by atomic mass is 9.80. The SMILES string of the molecule is CC1(C)c2ccccc2-c2ccc(-c3cc4c5ccc(Cl)cc5c(-c5ccc6c(c5)C(C)(C)c5ccccc5-6)cc4c4ccccc34)cc21. The van der Waals surface area contributed by atoms with Crippen LogP contribution in [0.15, 0.2) is 140 Å². The van der Waals surface area contributed by atoms with Crippen LogP contribution in [0.2, 0.25) is 5.02 Å². The maximum atomic E-state index is 6.77. The van der Waals surface area contributed by atoms with Crippen LogP contribution in [0, 0.1) is 0 Å². The lowest BCUT2D eigenvalue weighted by Gasteiger charge is -2.23. The van der Waals surface area contributed by atoms with Gasteiger partial charge in [-0.05, 0) is 135 Å². The van der Waals surface area contributed by atoms with E-state index < -0.39 is 0 Å². The molecule has 49 heavy (non-hydrogen) atoms. The number of rotatable bonds is 2. The third kappa shape index (κ3) is 3.93. The first-order chi connectivity index (χ1) is 23.7. The Morgan fingerprint density at radius 3 is 1.35 bits per heavy atom. The van der Waals surface area contributed by atoms with Gasteiger partial charge in [0.15, 0.2) is 0 Å². The van der Waals surface area contributed by atoms with E-state index >= 15 is 0 Å². The largest absolute Gasteiger partial charge is 0.0843 e. The van der Waals surface area contributed by atoms with Crippen LogP contribution in [-0.4, -0.2) is 0 Å². The molecule has 0 bridgehead atoms. The molecule has 0 saturated heterocycles. The fourth-order valence-corrected chi connectivity index (χ4v) is 9.37. The van der Waals surface area contributed by atoms with Gasteiger partial charge in [-0.2, -0.15) is 0 Å². The maximum absolute atomic E-state index is 6.77. The minimum Gasteiger partial charge on any atom is -0.0843 e. The van der Waals surface area contributed by atoms with Gasteiger partial charge < -0.3 is 0 Å². The Kier molecular flexibility index (Phi) is 5.84. The third-order valence-electron chi connectivity index (χ3n) is 11.7. The highest BCUT2D eigenvalue weighted by Gasteiger charge is 2.36. The van der Waals surface area contributed by atoms with Gasteiger partial charge in [-0.15, -0.1) is 0 Å². The number of benzene rings is 8. The van der Waals surface area contributed by atoms with Crippen LogP contribution in [0.4, 0.5) is 0 Å². The van der Waals surface area contributed by atoms with E-state index in [2.05, 4.69) is 161 Å². The lowest BCUT2D eigenvalue weighted by Crippen LogP contribution is -2.14. The van der Waals surface area contributed by atoms with E-state index in [1.807, 2.05) is 6.07 Å². The molecule has 0 atom stereocenters. The van der Waals surface area contributed by atoms with Crippen molar-refractivity contribution >= 4 is 43.9 Å². The molecule has 8 aromatic rings. The van der Waals surface area contributed by atoms with Crippen molar-refractivity contribution in [2.75, 3.05) is 0 Å². The van der Waals surface area contributed by atoms with E-state index in [0.717, 1.165) is 5.02 Å². The molecule has 10 rings (SSSR count). The Hall–Kier alpha value is -5.17. The summed E-state index contributed by atoms with van der Waals surface area (Å²) in [6.45, 7) is 9.42. The van der Waals surface area contributed by atoms with Crippen molar-refractivity contribution in [2.45, 2.75) is 38.5 Å². The van der Waals surface area contributed by atoms with Crippen molar-refractivity contribution in [1.82, 2.24) is 0 Å². The molecular formula is C48H35Cl. The van der Waals surface area contributed by atoms with Gasteiger partial charge in [0.2, 0.25) is 0 Å². The summed E-state index contributed by atoms with van der Waals surface area (Å²) in [5.41, 5.74) is 15.8. The van der Waals surface area contributed by atoms with Gasteiger partial charge in [-0.3, -0.25) is 0 Å². The second kappa shape index (κ2) is 9.94. The number of halogens is 1. The van der Waals surface area contributed by atoms with E-state index in [0.29, 0.717) is 0 Å². The zero-order chi connectivity index (χ0) is 33.2. The van der Waals surface area contributed by atoms with E-state index in [1.165, 1.54) is 99.1 Å². The quantitative estimate of drug-likeness (QED) is 0.164. The first kappa shape index (κ1) is 28.8. The summed E-state index contributed by atoms with van der Waals surface area (Å²) in [5, 5.41) is 8.21. The minimum atomic E-state index is -0.0698. The van der Waals surface area contributed by atoms with Crippen molar-refractivity contribution in [3.63, 3.8) is 0 Å². The van der Waals surface area contributed by atoms with Crippen LogP contribution >= 0.6 is 11.6 Å². The maximum Gasteiger partial charge on any atom is 0.0412 e. The van der Waals surface area contributed by atoms with Crippen LogP contribution in [0.3, 0.4) is 0 Å². The average Bonchev–Trinajstić information content (AvgIpc) is 3.50. The molecule has 0 N–H and O–H groups in total. The van der Waals surface area contributed by atoms with Crippen LogP contribution in [-0.2, 0) is 10.8 Å². The van der Waals surface area contributed by atoms with Gasteiger partial charge in [0.05, 0.1) is 0 Å². The van der Waals surface area contributed by atoms with E-state index in [-0.39, 0.29) is 10.8 Å². The van der Waals surface area contributed by atoms with Crippen molar-refractivity contribution in [3.05, 3.63) is 167 Å². The van der Waals surface area contributed by atoms with Crippen LogP contribution in [0.1, 0.15) is 49.9 Å². The van der Waals surface area contributed by atoms with Crippen molar-refractivity contribution in [1.29, 1.82) is 0 Å². The Morgan fingerprint density at radius 1 is 0.327 bits per heavy atom. The average molecular weight is 647 g/mol. The topological polar surface area (TPSA) is 0 Å². The van der Waals surface area contributed by atoms with Crippen molar-refractivity contribution < 1.29 is 0 Å². The minimum absolute atomic E-state index is 0.0568. The van der Waals surface area contributed by atoms with E-state index in [9.17, 15) is 0 Å². The standard InChI is InChI=1S/C48H35Cl/c1-47(2)43-15-9-7-13-34(43)36-20-17-28(23-45(36)47)38-26-42-33-22-19-30(49)25-40(33)39(27-41(42)32-12-6-5-11-31(32)38)29-18-21-37-35-14-8-10-16-44(35)48(3,4)46(37)24-29/h5-27H,1-4H3. The zero-order valence-electron chi connectivity index (χ0n) is 28.2. The summed E-state index contributed by atoms with van der Waals surface area (Å²) in [6.07, 6.45) is 0. The summed E-state index contributed by atoms with van der Waals surface area (Å²) in [7, 11) is 0.